The summed E-state index contributed by atoms with van der Waals surface area (Å²) < 4.78 is 0. The SMILES string of the molecule is O=C(O)CC/C=C1/C(=O)CCN(C2CC2)C1=O. The zero-order valence-electron chi connectivity index (χ0n) is 9.52. The first-order chi connectivity index (χ1) is 8.09. The molecule has 2 rings (SSSR count). The molecule has 1 heterocycles. The molecule has 0 unspecified atom stereocenters. The number of ketones is 1. The average Bonchev–Trinajstić information content (AvgIpc) is 3.06. The van der Waals surface area contributed by atoms with E-state index in [1.165, 1.54) is 6.08 Å². The van der Waals surface area contributed by atoms with E-state index in [0.717, 1.165) is 12.8 Å². The van der Waals surface area contributed by atoms with Gasteiger partial charge in [0, 0.05) is 25.4 Å². The highest BCUT2D eigenvalue weighted by molar-refractivity contribution is 6.20. The standard InChI is InChI=1S/C12H15NO4/c14-10-6-7-13(8-4-5-8)12(17)9(10)2-1-3-11(15)16/h2,8H,1,3-7H2,(H,15,16)/b9-2-. The molecule has 1 aliphatic heterocycles. The molecule has 1 amide bonds. The number of rotatable bonds is 4. The fourth-order valence-corrected chi connectivity index (χ4v) is 2.01. The first kappa shape index (κ1) is 11.8. The Morgan fingerprint density at radius 3 is 2.71 bits per heavy atom. The van der Waals surface area contributed by atoms with Gasteiger partial charge in [0.2, 0.25) is 0 Å². The van der Waals surface area contributed by atoms with Crippen LogP contribution in [-0.4, -0.2) is 40.3 Å². The number of aliphatic carboxylic acids is 1. The minimum atomic E-state index is -0.920. The molecule has 0 spiro atoms. The zero-order valence-corrected chi connectivity index (χ0v) is 9.52. The first-order valence-corrected chi connectivity index (χ1v) is 5.85. The Morgan fingerprint density at radius 1 is 1.41 bits per heavy atom. The van der Waals surface area contributed by atoms with Crippen LogP contribution in [0.2, 0.25) is 0 Å². The number of carbonyl (C=O) groups is 3. The summed E-state index contributed by atoms with van der Waals surface area (Å²) in [5.41, 5.74) is 0.185. The predicted molar refractivity (Wildman–Crippen MR) is 59.3 cm³/mol. The molecule has 1 saturated carbocycles. The fraction of sp³-hybridized carbons (Fsp3) is 0.583. The van der Waals surface area contributed by atoms with Crippen molar-refractivity contribution in [2.75, 3.05) is 6.54 Å². The summed E-state index contributed by atoms with van der Waals surface area (Å²) in [6.45, 7) is 0.513. The molecule has 2 aliphatic rings. The van der Waals surface area contributed by atoms with Gasteiger partial charge in [-0.15, -0.1) is 0 Å². The molecule has 1 aliphatic carbocycles. The second-order valence-electron chi connectivity index (χ2n) is 4.45. The Hall–Kier alpha value is -1.65. The number of carboxylic acids is 1. The highest BCUT2D eigenvalue weighted by Gasteiger charge is 2.38. The van der Waals surface area contributed by atoms with Gasteiger partial charge in [0.05, 0.1) is 5.57 Å². The van der Waals surface area contributed by atoms with Crippen molar-refractivity contribution in [3.63, 3.8) is 0 Å². The Labute approximate surface area is 99.1 Å². The summed E-state index contributed by atoms with van der Waals surface area (Å²) in [4.78, 5) is 35.7. The maximum absolute atomic E-state index is 12.0. The van der Waals surface area contributed by atoms with E-state index in [0.29, 0.717) is 19.0 Å². The molecule has 0 aromatic heterocycles. The van der Waals surface area contributed by atoms with Gasteiger partial charge in [-0.3, -0.25) is 14.4 Å². The van der Waals surface area contributed by atoms with Crippen LogP contribution in [0, 0.1) is 0 Å². The highest BCUT2D eigenvalue weighted by atomic mass is 16.4. The molecular formula is C12H15NO4. The van der Waals surface area contributed by atoms with Crippen LogP contribution in [0.25, 0.3) is 0 Å². The van der Waals surface area contributed by atoms with Crippen LogP contribution >= 0.6 is 0 Å². The van der Waals surface area contributed by atoms with Crippen molar-refractivity contribution < 1.29 is 19.5 Å². The van der Waals surface area contributed by atoms with Crippen molar-refractivity contribution in [3.8, 4) is 0 Å². The molecule has 17 heavy (non-hydrogen) atoms. The number of hydrogen-bond donors (Lipinski definition) is 1. The second-order valence-corrected chi connectivity index (χ2v) is 4.45. The van der Waals surface area contributed by atoms with Crippen LogP contribution in [0.4, 0.5) is 0 Å². The fourth-order valence-electron chi connectivity index (χ4n) is 2.01. The van der Waals surface area contributed by atoms with Gasteiger partial charge in [0.1, 0.15) is 0 Å². The summed E-state index contributed by atoms with van der Waals surface area (Å²) in [7, 11) is 0. The molecule has 0 radical (unpaired) electrons. The zero-order chi connectivity index (χ0) is 12.4. The number of allylic oxidation sites excluding steroid dienone is 1. The van der Waals surface area contributed by atoms with E-state index >= 15 is 0 Å². The van der Waals surface area contributed by atoms with E-state index in [1.807, 2.05) is 0 Å². The third kappa shape index (κ3) is 2.72. The smallest absolute Gasteiger partial charge is 0.303 e. The largest absolute Gasteiger partial charge is 0.481 e. The maximum Gasteiger partial charge on any atom is 0.303 e. The molecule has 0 bridgehead atoms. The molecule has 0 aromatic carbocycles. The Bertz CT molecular complexity index is 395. The minimum Gasteiger partial charge on any atom is -0.481 e. The summed E-state index contributed by atoms with van der Waals surface area (Å²) in [6.07, 6.45) is 4.06. The lowest BCUT2D eigenvalue weighted by atomic mass is 10.0. The normalized spacial score (nSPS) is 23.3. The Morgan fingerprint density at radius 2 is 2.12 bits per heavy atom. The quantitative estimate of drug-likeness (QED) is 0.578. The van der Waals surface area contributed by atoms with E-state index in [2.05, 4.69) is 0 Å². The highest BCUT2D eigenvalue weighted by Crippen LogP contribution is 2.30. The third-order valence-corrected chi connectivity index (χ3v) is 3.07. The molecular weight excluding hydrogens is 222 g/mol. The van der Waals surface area contributed by atoms with Crippen molar-refractivity contribution >= 4 is 17.7 Å². The van der Waals surface area contributed by atoms with E-state index in [4.69, 9.17) is 5.11 Å². The van der Waals surface area contributed by atoms with Crippen LogP contribution < -0.4 is 0 Å². The lowest BCUT2D eigenvalue weighted by Crippen LogP contribution is -2.42. The van der Waals surface area contributed by atoms with E-state index in [-0.39, 0.29) is 30.1 Å². The molecule has 92 valence electrons. The van der Waals surface area contributed by atoms with Crippen LogP contribution in [0.5, 0.6) is 0 Å². The van der Waals surface area contributed by atoms with Gasteiger partial charge in [-0.25, -0.2) is 0 Å². The monoisotopic (exact) mass is 237 g/mol. The second kappa shape index (κ2) is 4.69. The van der Waals surface area contributed by atoms with Crippen molar-refractivity contribution in [3.05, 3.63) is 11.6 Å². The summed E-state index contributed by atoms with van der Waals surface area (Å²) in [5, 5.41) is 8.52. The van der Waals surface area contributed by atoms with Crippen molar-refractivity contribution in [1.82, 2.24) is 4.90 Å². The van der Waals surface area contributed by atoms with Crippen LogP contribution in [0.15, 0.2) is 11.6 Å². The molecule has 5 nitrogen and oxygen atoms in total. The summed E-state index contributed by atoms with van der Waals surface area (Å²) in [6, 6.07) is 0.304. The lowest BCUT2D eigenvalue weighted by molar-refractivity contribution is -0.137. The number of likely N-dealkylation sites (tertiary alicyclic amines) is 1. The molecule has 1 saturated heterocycles. The van der Waals surface area contributed by atoms with Crippen LogP contribution in [0.1, 0.15) is 32.1 Å². The van der Waals surface area contributed by atoms with Gasteiger partial charge < -0.3 is 10.0 Å². The Balaban J connectivity index is 2.03. The summed E-state index contributed by atoms with van der Waals surface area (Å²) >= 11 is 0. The van der Waals surface area contributed by atoms with Crippen molar-refractivity contribution in [2.24, 2.45) is 0 Å². The maximum atomic E-state index is 12.0. The van der Waals surface area contributed by atoms with Gasteiger partial charge in [0.15, 0.2) is 5.78 Å². The molecule has 0 atom stereocenters. The lowest BCUT2D eigenvalue weighted by Gasteiger charge is -2.27. The van der Waals surface area contributed by atoms with E-state index < -0.39 is 5.97 Å². The molecule has 1 N–H and O–H groups in total. The average molecular weight is 237 g/mol. The first-order valence-electron chi connectivity index (χ1n) is 5.85. The minimum absolute atomic E-state index is 0.0481. The summed E-state index contributed by atoms with van der Waals surface area (Å²) in [5.74, 6) is -1.29. The van der Waals surface area contributed by atoms with Gasteiger partial charge in [-0.05, 0) is 19.3 Å². The van der Waals surface area contributed by atoms with Crippen LogP contribution in [-0.2, 0) is 14.4 Å². The van der Waals surface area contributed by atoms with Gasteiger partial charge in [-0.1, -0.05) is 6.08 Å². The number of carboxylic acid groups (broad SMARTS) is 1. The predicted octanol–water partition coefficient (Wildman–Crippen LogP) is 0.741. The molecule has 5 heteroatoms. The van der Waals surface area contributed by atoms with Gasteiger partial charge in [-0.2, -0.15) is 0 Å². The number of amides is 1. The number of piperidine rings is 1. The number of nitrogens with zero attached hydrogens (tertiary/aromatic N) is 1. The topological polar surface area (TPSA) is 74.7 Å². The Kier molecular flexibility index (Phi) is 3.26. The van der Waals surface area contributed by atoms with Crippen molar-refractivity contribution in [2.45, 2.75) is 38.1 Å². The van der Waals surface area contributed by atoms with E-state index in [9.17, 15) is 14.4 Å². The van der Waals surface area contributed by atoms with E-state index in [1.54, 1.807) is 4.90 Å². The number of carbonyl (C=O) groups excluding carboxylic acids is 2. The number of hydrogen-bond acceptors (Lipinski definition) is 3. The van der Waals surface area contributed by atoms with Crippen LogP contribution in [0.3, 0.4) is 0 Å². The molecule has 0 aromatic rings. The van der Waals surface area contributed by atoms with Crippen molar-refractivity contribution in [1.29, 1.82) is 0 Å². The van der Waals surface area contributed by atoms with Gasteiger partial charge >= 0.3 is 5.97 Å². The number of Topliss-reactive ketones (excluding diaryl/α,β-unsaturated/α-hetero) is 1. The molecule has 2 fully saturated rings. The third-order valence-electron chi connectivity index (χ3n) is 3.07. The van der Waals surface area contributed by atoms with Gasteiger partial charge in [0.25, 0.3) is 5.91 Å².